The van der Waals surface area contributed by atoms with Gasteiger partial charge in [-0.1, -0.05) is 40.2 Å². The van der Waals surface area contributed by atoms with Crippen LogP contribution in [-0.4, -0.2) is 70.6 Å². The quantitative estimate of drug-likeness (QED) is 0.477. The van der Waals surface area contributed by atoms with E-state index in [4.69, 9.17) is 9.84 Å². The molecule has 2 aromatic carbocycles. The highest BCUT2D eigenvalue weighted by Crippen LogP contribution is 2.35. The first-order valence-electron chi connectivity index (χ1n) is 13.1. The third-order valence-corrected chi connectivity index (χ3v) is 8.17. The van der Waals surface area contributed by atoms with Gasteiger partial charge >= 0.3 is 0 Å². The summed E-state index contributed by atoms with van der Waals surface area (Å²) in [4.78, 5) is 16.9. The first kappa shape index (κ1) is 24.6. The average molecular weight is 566 g/mol. The summed E-state index contributed by atoms with van der Waals surface area (Å²) < 4.78 is 8.68. The molecule has 194 valence electrons. The summed E-state index contributed by atoms with van der Waals surface area (Å²) in [6.07, 6.45) is 2.15. The lowest BCUT2D eigenvalue weighted by Gasteiger charge is -2.41. The molecule has 0 bridgehead atoms. The van der Waals surface area contributed by atoms with Gasteiger partial charge in [0.1, 0.15) is 5.75 Å². The van der Waals surface area contributed by atoms with Gasteiger partial charge in [-0.2, -0.15) is 5.10 Å². The molecule has 4 heterocycles. The lowest BCUT2D eigenvalue weighted by Crippen LogP contribution is -2.51. The van der Waals surface area contributed by atoms with Crippen LogP contribution in [0.15, 0.2) is 53.0 Å². The number of aliphatic hydroxyl groups is 1. The van der Waals surface area contributed by atoms with E-state index < -0.39 is 6.10 Å². The Kier molecular flexibility index (Phi) is 7.03. The maximum atomic E-state index is 12.7. The summed E-state index contributed by atoms with van der Waals surface area (Å²) in [5.41, 5.74) is 5.42. The number of hydrogen-bond acceptors (Lipinski definition) is 6. The first-order chi connectivity index (χ1) is 18.1. The molecule has 3 aromatic rings. The minimum absolute atomic E-state index is 0.0247. The Morgan fingerprint density at radius 3 is 2.70 bits per heavy atom. The molecule has 0 spiro atoms. The summed E-state index contributed by atoms with van der Waals surface area (Å²) in [6.45, 7) is 4.59. The Bertz CT molecular complexity index is 1270. The van der Waals surface area contributed by atoms with Crippen molar-refractivity contribution in [1.29, 1.82) is 0 Å². The number of β-amino-alcohol motifs (C(OH)–C–C–N with tert-alkyl or cyclic N) is 1. The number of likely N-dealkylation sites (tertiary alicyclic amines) is 1. The van der Waals surface area contributed by atoms with Gasteiger partial charge in [0, 0.05) is 66.5 Å². The molecule has 9 heteroatoms. The van der Waals surface area contributed by atoms with Crippen LogP contribution in [0.5, 0.6) is 5.75 Å². The zero-order chi connectivity index (χ0) is 25.4. The van der Waals surface area contributed by atoms with Crippen molar-refractivity contribution in [2.75, 3.05) is 37.7 Å². The van der Waals surface area contributed by atoms with Gasteiger partial charge in [0.05, 0.1) is 24.0 Å². The number of aromatic nitrogens is 2. The molecule has 3 aliphatic heterocycles. The van der Waals surface area contributed by atoms with Gasteiger partial charge in [0.2, 0.25) is 0 Å². The van der Waals surface area contributed by atoms with Gasteiger partial charge in [-0.3, -0.25) is 9.48 Å². The van der Waals surface area contributed by atoms with Gasteiger partial charge in [0.25, 0.3) is 5.91 Å². The fourth-order valence-electron chi connectivity index (χ4n) is 5.85. The second-order valence-corrected chi connectivity index (χ2v) is 11.0. The minimum Gasteiger partial charge on any atom is -0.482 e. The summed E-state index contributed by atoms with van der Waals surface area (Å²) in [7, 11) is 0. The molecule has 6 rings (SSSR count). The van der Waals surface area contributed by atoms with E-state index in [1.54, 1.807) is 0 Å². The summed E-state index contributed by atoms with van der Waals surface area (Å²) in [5.74, 6) is 0.803. The molecule has 1 unspecified atom stereocenters. The molecule has 0 radical (unpaired) electrons. The third-order valence-electron chi connectivity index (χ3n) is 7.64. The fraction of sp³-hybridized carbons (Fsp3) is 0.429. The molecule has 0 saturated carbocycles. The summed E-state index contributed by atoms with van der Waals surface area (Å²) in [6, 6.07) is 16.2. The molecule has 1 fully saturated rings. The van der Waals surface area contributed by atoms with Gasteiger partial charge in [-0.15, -0.1) is 0 Å². The first-order valence-corrected chi connectivity index (χ1v) is 13.9. The van der Waals surface area contributed by atoms with Gasteiger partial charge in [0.15, 0.2) is 6.61 Å². The van der Waals surface area contributed by atoms with Gasteiger partial charge < -0.3 is 25.0 Å². The van der Waals surface area contributed by atoms with Crippen LogP contribution >= 0.6 is 15.9 Å². The number of aliphatic hydroxyl groups excluding tert-OH is 1. The number of carbonyl (C=O) groups is 1. The topological polar surface area (TPSA) is 82.9 Å². The highest BCUT2D eigenvalue weighted by Gasteiger charge is 2.34. The number of fused-ring (bicyclic) bond motifs is 2. The summed E-state index contributed by atoms with van der Waals surface area (Å²) in [5, 5.41) is 19.5. The number of amides is 1. The van der Waals surface area contributed by atoms with E-state index in [1.165, 1.54) is 11.3 Å². The Morgan fingerprint density at radius 2 is 1.89 bits per heavy atom. The van der Waals surface area contributed by atoms with E-state index in [9.17, 15) is 9.90 Å². The van der Waals surface area contributed by atoms with Crippen molar-refractivity contribution < 1.29 is 14.6 Å². The highest BCUT2D eigenvalue weighted by molar-refractivity contribution is 9.10. The lowest BCUT2D eigenvalue weighted by molar-refractivity contribution is -0.122. The van der Waals surface area contributed by atoms with E-state index in [0.717, 1.165) is 72.6 Å². The van der Waals surface area contributed by atoms with Crippen molar-refractivity contribution in [1.82, 2.24) is 20.0 Å². The monoisotopic (exact) mass is 565 g/mol. The molecule has 1 atom stereocenters. The van der Waals surface area contributed by atoms with Crippen LogP contribution in [0.25, 0.3) is 11.3 Å². The number of piperidine rings is 1. The molecule has 2 N–H and O–H groups in total. The maximum Gasteiger partial charge on any atom is 0.265 e. The number of benzene rings is 2. The number of halogens is 1. The van der Waals surface area contributed by atoms with Crippen molar-refractivity contribution in [3.05, 3.63) is 64.3 Å². The Hall–Kier alpha value is -2.72. The molecule has 3 aliphatic rings. The van der Waals surface area contributed by atoms with Crippen molar-refractivity contribution in [2.45, 2.75) is 44.5 Å². The summed E-state index contributed by atoms with van der Waals surface area (Å²) >= 11 is 3.51. The molecule has 0 aliphatic carbocycles. The van der Waals surface area contributed by atoms with Crippen LogP contribution < -0.4 is 15.0 Å². The molecule has 8 nitrogen and oxygen atoms in total. The van der Waals surface area contributed by atoms with Crippen LogP contribution in [0.4, 0.5) is 5.69 Å². The zero-order valence-corrected chi connectivity index (χ0v) is 22.4. The number of anilines is 1. The maximum absolute atomic E-state index is 12.7. The molecule has 37 heavy (non-hydrogen) atoms. The van der Waals surface area contributed by atoms with Crippen molar-refractivity contribution in [3.63, 3.8) is 0 Å². The Morgan fingerprint density at radius 1 is 1.11 bits per heavy atom. The van der Waals surface area contributed by atoms with E-state index in [2.05, 4.69) is 38.3 Å². The molecular weight excluding hydrogens is 534 g/mol. The number of nitrogens with one attached hydrogen (secondary N) is 1. The number of ether oxygens (including phenoxy) is 1. The highest BCUT2D eigenvalue weighted by atomic mass is 79.9. The van der Waals surface area contributed by atoms with Crippen LogP contribution in [0.1, 0.15) is 24.1 Å². The van der Waals surface area contributed by atoms with E-state index in [0.29, 0.717) is 13.1 Å². The van der Waals surface area contributed by atoms with E-state index in [1.807, 2.05) is 46.0 Å². The predicted octanol–water partition coefficient (Wildman–Crippen LogP) is 3.21. The molecular formula is C28H32BrN5O3. The van der Waals surface area contributed by atoms with Crippen LogP contribution in [-0.2, 0) is 24.3 Å². The largest absolute Gasteiger partial charge is 0.482 e. The van der Waals surface area contributed by atoms with E-state index >= 15 is 0 Å². The normalized spacial score (nSPS) is 19.3. The van der Waals surface area contributed by atoms with Crippen molar-refractivity contribution in [3.8, 4) is 17.0 Å². The smallest absolute Gasteiger partial charge is 0.265 e. The standard InChI is InChI=1S/C28H32BrN5O3/c29-20-7-5-19(6-8-20)28-23-15-30-12-9-24(23)33(31-28)17-22(35)16-32-13-10-21(11-14-32)34-25-3-1-2-4-26(25)37-18-27(34)36/h1-8,21-22,30,35H,9-18H2. The molecule has 1 aromatic heterocycles. The number of hydrogen-bond donors (Lipinski definition) is 2. The van der Waals surface area contributed by atoms with Gasteiger partial charge in [-0.05, 0) is 37.1 Å². The number of nitrogens with zero attached hydrogens (tertiary/aromatic N) is 4. The van der Waals surface area contributed by atoms with E-state index in [-0.39, 0.29) is 18.6 Å². The van der Waals surface area contributed by atoms with Crippen LogP contribution in [0.2, 0.25) is 0 Å². The SMILES string of the molecule is O=C1COc2ccccc2N1C1CCN(CC(O)Cn2nc(-c3ccc(Br)cc3)c3c2CCNC3)CC1. The average Bonchev–Trinajstić information content (AvgIpc) is 3.28. The second-order valence-electron chi connectivity index (χ2n) is 10.1. The molecule has 1 amide bonds. The zero-order valence-electron chi connectivity index (χ0n) is 20.8. The number of rotatable bonds is 6. The lowest BCUT2D eigenvalue weighted by atomic mass is 10.0. The Balaban J connectivity index is 1.10. The van der Waals surface area contributed by atoms with Crippen LogP contribution in [0.3, 0.4) is 0 Å². The van der Waals surface area contributed by atoms with Crippen molar-refractivity contribution in [2.24, 2.45) is 0 Å². The predicted molar refractivity (Wildman–Crippen MR) is 146 cm³/mol. The minimum atomic E-state index is -0.515. The number of para-hydroxylation sites is 2. The fourth-order valence-corrected chi connectivity index (χ4v) is 6.11. The van der Waals surface area contributed by atoms with Crippen LogP contribution in [0, 0.1) is 0 Å². The van der Waals surface area contributed by atoms with Gasteiger partial charge in [-0.25, -0.2) is 0 Å². The molecule has 1 saturated heterocycles. The Labute approximate surface area is 225 Å². The third kappa shape index (κ3) is 5.05. The van der Waals surface area contributed by atoms with Crippen molar-refractivity contribution >= 4 is 27.5 Å². The second kappa shape index (κ2) is 10.6. The number of carbonyl (C=O) groups excluding carboxylic acids is 1.